The van der Waals surface area contributed by atoms with E-state index in [0.717, 1.165) is 44.0 Å². The summed E-state index contributed by atoms with van der Waals surface area (Å²) in [5, 5.41) is 11.1. The fraction of sp³-hybridized carbons (Fsp3) is 0.600. The summed E-state index contributed by atoms with van der Waals surface area (Å²) in [4.78, 5) is 2.44. The van der Waals surface area contributed by atoms with E-state index >= 15 is 0 Å². The SMILES string of the molecule is O[C@H]1CCCN(C2COC2)[C@H]1Cc1ccc(Cl)cc1. The van der Waals surface area contributed by atoms with Gasteiger partial charge in [-0.05, 0) is 43.5 Å². The average molecular weight is 282 g/mol. The molecule has 1 aromatic carbocycles. The molecule has 0 aliphatic carbocycles. The minimum absolute atomic E-state index is 0.212. The molecule has 0 amide bonds. The first-order chi connectivity index (χ1) is 9.24. The highest BCUT2D eigenvalue weighted by Gasteiger charge is 2.37. The molecule has 0 spiro atoms. The highest BCUT2D eigenvalue weighted by atomic mass is 35.5. The van der Waals surface area contributed by atoms with Crippen molar-refractivity contribution in [1.82, 2.24) is 4.90 Å². The predicted octanol–water partition coefficient (Wildman–Crippen LogP) is 2.11. The van der Waals surface area contributed by atoms with Crippen molar-refractivity contribution in [2.75, 3.05) is 19.8 Å². The molecule has 2 aliphatic rings. The van der Waals surface area contributed by atoms with Gasteiger partial charge in [0.15, 0.2) is 0 Å². The number of hydrogen-bond acceptors (Lipinski definition) is 3. The molecular formula is C15H20ClNO2. The lowest BCUT2D eigenvalue weighted by atomic mass is 9.91. The van der Waals surface area contributed by atoms with E-state index in [1.54, 1.807) is 0 Å². The summed E-state index contributed by atoms with van der Waals surface area (Å²) in [5.41, 5.74) is 1.24. The molecule has 19 heavy (non-hydrogen) atoms. The van der Waals surface area contributed by atoms with Crippen LogP contribution in [-0.4, -0.2) is 48.0 Å². The van der Waals surface area contributed by atoms with Crippen LogP contribution in [0.2, 0.25) is 5.02 Å². The Morgan fingerprint density at radius 1 is 1.26 bits per heavy atom. The maximum atomic E-state index is 10.3. The normalized spacial score (nSPS) is 29.2. The summed E-state index contributed by atoms with van der Waals surface area (Å²) in [6.45, 7) is 2.69. The molecule has 2 atom stereocenters. The largest absolute Gasteiger partial charge is 0.391 e. The number of halogens is 1. The molecule has 0 unspecified atom stereocenters. The fourth-order valence-corrected chi connectivity index (χ4v) is 3.17. The van der Waals surface area contributed by atoms with E-state index in [1.807, 2.05) is 12.1 Å². The van der Waals surface area contributed by atoms with Crippen molar-refractivity contribution < 1.29 is 9.84 Å². The number of ether oxygens (including phenoxy) is 1. The lowest BCUT2D eigenvalue weighted by molar-refractivity contribution is -0.110. The third-order valence-electron chi connectivity index (χ3n) is 4.23. The van der Waals surface area contributed by atoms with Gasteiger partial charge in [0, 0.05) is 11.1 Å². The number of piperidine rings is 1. The number of aliphatic hydroxyl groups excluding tert-OH is 1. The van der Waals surface area contributed by atoms with Gasteiger partial charge in [-0.2, -0.15) is 0 Å². The lowest BCUT2D eigenvalue weighted by Crippen LogP contribution is -2.59. The van der Waals surface area contributed by atoms with E-state index in [0.29, 0.717) is 6.04 Å². The van der Waals surface area contributed by atoms with E-state index in [1.165, 1.54) is 5.56 Å². The molecule has 3 rings (SSSR count). The van der Waals surface area contributed by atoms with Crippen molar-refractivity contribution in [3.05, 3.63) is 34.9 Å². The van der Waals surface area contributed by atoms with E-state index in [9.17, 15) is 5.11 Å². The second-order valence-electron chi connectivity index (χ2n) is 5.54. The van der Waals surface area contributed by atoms with Gasteiger partial charge in [0.2, 0.25) is 0 Å². The van der Waals surface area contributed by atoms with Crippen LogP contribution in [0.5, 0.6) is 0 Å². The van der Waals surface area contributed by atoms with Crippen molar-refractivity contribution in [3.8, 4) is 0 Å². The zero-order valence-electron chi connectivity index (χ0n) is 11.0. The van der Waals surface area contributed by atoms with Crippen molar-refractivity contribution >= 4 is 11.6 Å². The summed E-state index contributed by atoms with van der Waals surface area (Å²) in [6, 6.07) is 8.65. The highest BCUT2D eigenvalue weighted by molar-refractivity contribution is 6.30. The standard InChI is InChI=1S/C15H20ClNO2/c16-12-5-3-11(4-6-12)8-14-15(18)2-1-7-17(14)13-9-19-10-13/h3-6,13-15,18H,1-2,7-10H2/t14-,15-/m0/s1. The Bertz CT molecular complexity index is 419. The van der Waals surface area contributed by atoms with Gasteiger partial charge in [-0.25, -0.2) is 0 Å². The van der Waals surface area contributed by atoms with Gasteiger partial charge in [0.25, 0.3) is 0 Å². The van der Waals surface area contributed by atoms with Crippen LogP contribution in [-0.2, 0) is 11.2 Å². The molecule has 104 valence electrons. The zero-order valence-corrected chi connectivity index (χ0v) is 11.7. The number of hydrogen-bond donors (Lipinski definition) is 1. The average Bonchev–Trinajstić information content (AvgIpc) is 2.34. The Morgan fingerprint density at radius 3 is 2.63 bits per heavy atom. The van der Waals surface area contributed by atoms with Gasteiger partial charge >= 0.3 is 0 Å². The number of benzene rings is 1. The molecule has 4 heteroatoms. The van der Waals surface area contributed by atoms with Gasteiger partial charge in [-0.3, -0.25) is 4.90 Å². The maximum Gasteiger partial charge on any atom is 0.0699 e. The lowest BCUT2D eigenvalue weighted by Gasteiger charge is -2.46. The third-order valence-corrected chi connectivity index (χ3v) is 4.49. The van der Waals surface area contributed by atoms with Crippen molar-refractivity contribution in [2.45, 2.75) is 37.5 Å². The molecule has 2 heterocycles. The van der Waals surface area contributed by atoms with Gasteiger partial charge in [0.1, 0.15) is 0 Å². The van der Waals surface area contributed by atoms with E-state index < -0.39 is 0 Å². The van der Waals surface area contributed by atoms with Gasteiger partial charge < -0.3 is 9.84 Å². The summed E-state index contributed by atoms with van der Waals surface area (Å²) >= 11 is 5.92. The Hall–Kier alpha value is -0.610. The van der Waals surface area contributed by atoms with Crippen molar-refractivity contribution in [2.24, 2.45) is 0 Å². The van der Waals surface area contributed by atoms with E-state index in [-0.39, 0.29) is 12.1 Å². The van der Waals surface area contributed by atoms with Gasteiger partial charge in [0.05, 0.1) is 25.4 Å². The second kappa shape index (κ2) is 5.80. The summed E-state index contributed by atoms with van der Waals surface area (Å²) in [7, 11) is 0. The van der Waals surface area contributed by atoms with Crippen molar-refractivity contribution in [1.29, 1.82) is 0 Å². The molecular weight excluding hydrogens is 262 g/mol. The minimum Gasteiger partial charge on any atom is -0.391 e. The fourth-order valence-electron chi connectivity index (χ4n) is 3.05. The molecule has 1 aromatic rings. The smallest absolute Gasteiger partial charge is 0.0699 e. The number of nitrogens with zero attached hydrogens (tertiary/aromatic N) is 1. The van der Waals surface area contributed by atoms with Gasteiger partial charge in [-0.1, -0.05) is 23.7 Å². The van der Waals surface area contributed by atoms with Crippen molar-refractivity contribution in [3.63, 3.8) is 0 Å². The predicted molar refractivity (Wildman–Crippen MR) is 75.5 cm³/mol. The van der Waals surface area contributed by atoms with Crippen LogP contribution >= 0.6 is 11.6 Å². The summed E-state index contributed by atoms with van der Waals surface area (Å²) in [6.07, 6.45) is 2.64. The molecule has 3 nitrogen and oxygen atoms in total. The van der Waals surface area contributed by atoms with Crippen LogP contribution < -0.4 is 0 Å². The first-order valence-electron chi connectivity index (χ1n) is 7.00. The first kappa shape index (κ1) is 13.4. The first-order valence-corrected chi connectivity index (χ1v) is 7.38. The zero-order chi connectivity index (χ0) is 13.2. The highest BCUT2D eigenvalue weighted by Crippen LogP contribution is 2.26. The van der Waals surface area contributed by atoms with E-state index in [2.05, 4.69) is 17.0 Å². The Morgan fingerprint density at radius 2 is 2.00 bits per heavy atom. The summed E-state index contributed by atoms with van der Waals surface area (Å²) < 4.78 is 5.30. The molecule has 0 radical (unpaired) electrons. The topological polar surface area (TPSA) is 32.7 Å². The Labute approximate surface area is 119 Å². The monoisotopic (exact) mass is 281 g/mol. The van der Waals surface area contributed by atoms with Crippen LogP contribution in [0.4, 0.5) is 0 Å². The maximum absolute atomic E-state index is 10.3. The second-order valence-corrected chi connectivity index (χ2v) is 5.97. The molecule has 0 saturated carbocycles. The van der Waals surface area contributed by atoms with Crippen LogP contribution in [0.3, 0.4) is 0 Å². The molecule has 2 aliphatic heterocycles. The van der Waals surface area contributed by atoms with Crippen LogP contribution in [0, 0.1) is 0 Å². The number of aliphatic hydroxyl groups is 1. The Balaban J connectivity index is 1.72. The van der Waals surface area contributed by atoms with Crippen LogP contribution in [0.15, 0.2) is 24.3 Å². The Kier molecular flexibility index (Phi) is 4.08. The molecule has 2 saturated heterocycles. The molecule has 0 bridgehead atoms. The minimum atomic E-state index is -0.231. The molecule has 1 N–H and O–H groups in total. The van der Waals surface area contributed by atoms with Crippen LogP contribution in [0.25, 0.3) is 0 Å². The van der Waals surface area contributed by atoms with Crippen LogP contribution in [0.1, 0.15) is 18.4 Å². The third kappa shape index (κ3) is 2.95. The molecule has 2 fully saturated rings. The van der Waals surface area contributed by atoms with E-state index in [4.69, 9.17) is 16.3 Å². The number of rotatable bonds is 3. The van der Waals surface area contributed by atoms with Gasteiger partial charge in [-0.15, -0.1) is 0 Å². The quantitative estimate of drug-likeness (QED) is 0.921. The summed E-state index contributed by atoms with van der Waals surface area (Å²) in [5.74, 6) is 0. The number of likely N-dealkylation sites (tertiary alicyclic amines) is 1. The molecule has 0 aromatic heterocycles.